The zero-order chi connectivity index (χ0) is 18.9. The van der Waals surface area contributed by atoms with Crippen molar-refractivity contribution >= 4 is 17.6 Å². The molecule has 5 nitrogen and oxygen atoms in total. The van der Waals surface area contributed by atoms with Crippen molar-refractivity contribution in [2.24, 2.45) is 0 Å². The highest BCUT2D eigenvalue weighted by molar-refractivity contribution is 6.32. The molecular weight excluding hydrogens is 368 g/mol. The number of halogens is 1. The molecule has 0 bridgehead atoms. The molecular formula is C21H13ClO5. The van der Waals surface area contributed by atoms with E-state index in [1.54, 1.807) is 37.3 Å². The second kappa shape index (κ2) is 5.18. The van der Waals surface area contributed by atoms with Crippen LogP contribution in [0.5, 0.6) is 23.0 Å². The van der Waals surface area contributed by atoms with Crippen LogP contribution in [-0.2, 0) is 10.3 Å². The molecule has 6 heteroatoms. The molecule has 0 saturated heterocycles. The van der Waals surface area contributed by atoms with Crippen LogP contribution < -0.4 is 4.74 Å². The molecule has 0 amide bonds. The fourth-order valence-corrected chi connectivity index (χ4v) is 4.03. The highest BCUT2D eigenvalue weighted by atomic mass is 35.5. The van der Waals surface area contributed by atoms with Crippen molar-refractivity contribution in [2.75, 3.05) is 0 Å². The Morgan fingerprint density at radius 3 is 2.56 bits per heavy atom. The summed E-state index contributed by atoms with van der Waals surface area (Å²) < 4.78 is 12.0. The Morgan fingerprint density at radius 1 is 0.963 bits per heavy atom. The summed E-state index contributed by atoms with van der Waals surface area (Å²) in [5.41, 5.74) is 1.45. The minimum Gasteiger partial charge on any atom is -0.508 e. The van der Waals surface area contributed by atoms with Gasteiger partial charge in [0.15, 0.2) is 5.60 Å². The predicted octanol–water partition coefficient (Wildman–Crippen LogP) is 4.63. The van der Waals surface area contributed by atoms with Crippen molar-refractivity contribution in [3.8, 4) is 23.0 Å². The minimum atomic E-state index is -1.27. The number of carbonyl (C=O) groups is 1. The zero-order valence-electron chi connectivity index (χ0n) is 14.1. The first kappa shape index (κ1) is 16.0. The molecule has 1 unspecified atom stereocenters. The smallest absolute Gasteiger partial charge is 0.340 e. The van der Waals surface area contributed by atoms with Gasteiger partial charge in [-0.25, -0.2) is 4.79 Å². The number of aromatic hydroxyl groups is 2. The van der Waals surface area contributed by atoms with Gasteiger partial charge >= 0.3 is 5.97 Å². The molecule has 134 valence electrons. The van der Waals surface area contributed by atoms with Crippen molar-refractivity contribution in [3.05, 3.63) is 81.4 Å². The van der Waals surface area contributed by atoms with Crippen molar-refractivity contribution in [2.45, 2.75) is 12.5 Å². The number of phenols is 2. The van der Waals surface area contributed by atoms with Gasteiger partial charge in [0.25, 0.3) is 0 Å². The summed E-state index contributed by atoms with van der Waals surface area (Å²) in [4.78, 5) is 12.7. The Morgan fingerprint density at radius 2 is 1.74 bits per heavy atom. The van der Waals surface area contributed by atoms with Crippen LogP contribution in [-0.4, -0.2) is 16.2 Å². The third kappa shape index (κ3) is 1.92. The lowest BCUT2D eigenvalue weighted by Crippen LogP contribution is -2.33. The molecule has 5 rings (SSSR count). The van der Waals surface area contributed by atoms with Crippen molar-refractivity contribution in [1.29, 1.82) is 0 Å². The summed E-state index contributed by atoms with van der Waals surface area (Å²) in [7, 11) is 0. The average molecular weight is 381 g/mol. The average Bonchev–Trinajstić information content (AvgIpc) is 2.95. The molecule has 1 spiro atoms. The number of benzene rings is 3. The molecule has 0 aromatic heterocycles. The van der Waals surface area contributed by atoms with Gasteiger partial charge < -0.3 is 19.7 Å². The molecule has 1 atom stereocenters. The van der Waals surface area contributed by atoms with Gasteiger partial charge in [0.1, 0.15) is 23.0 Å². The number of carbonyl (C=O) groups excluding carboxylic acids is 1. The van der Waals surface area contributed by atoms with Crippen LogP contribution in [0.4, 0.5) is 0 Å². The van der Waals surface area contributed by atoms with Gasteiger partial charge in [-0.3, -0.25) is 0 Å². The van der Waals surface area contributed by atoms with Crippen molar-refractivity contribution in [3.63, 3.8) is 0 Å². The number of hydrogen-bond donors (Lipinski definition) is 2. The maximum Gasteiger partial charge on any atom is 0.340 e. The SMILES string of the molecule is Cc1c(O)ccc2c1Oc1cc(O)c(Cl)cc1C21OC(=O)c2ccccc21. The van der Waals surface area contributed by atoms with E-state index in [2.05, 4.69) is 0 Å². The first-order valence-corrected chi connectivity index (χ1v) is 8.68. The van der Waals surface area contributed by atoms with Crippen LogP contribution in [0.25, 0.3) is 0 Å². The highest BCUT2D eigenvalue weighted by Crippen LogP contribution is 2.58. The van der Waals surface area contributed by atoms with Gasteiger partial charge in [0, 0.05) is 28.3 Å². The van der Waals surface area contributed by atoms with Crippen LogP contribution >= 0.6 is 11.6 Å². The first-order valence-electron chi connectivity index (χ1n) is 8.30. The van der Waals surface area contributed by atoms with E-state index in [4.69, 9.17) is 21.1 Å². The number of esters is 1. The molecule has 0 fully saturated rings. The molecule has 27 heavy (non-hydrogen) atoms. The predicted molar refractivity (Wildman–Crippen MR) is 97.8 cm³/mol. The summed E-state index contributed by atoms with van der Waals surface area (Å²) in [5.74, 6) is 0.142. The zero-order valence-corrected chi connectivity index (χ0v) is 14.9. The molecule has 2 aliphatic rings. The lowest BCUT2D eigenvalue weighted by atomic mass is 9.77. The van der Waals surface area contributed by atoms with E-state index in [-0.39, 0.29) is 16.5 Å². The lowest BCUT2D eigenvalue weighted by Gasteiger charge is -2.37. The van der Waals surface area contributed by atoms with E-state index >= 15 is 0 Å². The summed E-state index contributed by atoms with van der Waals surface area (Å²) >= 11 is 6.17. The van der Waals surface area contributed by atoms with Crippen LogP contribution in [0.1, 0.15) is 32.6 Å². The number of fused-ring (bicyclic) bond motifs is 6. The molecule has 2 heterocycles. The monoisotopic (exact) mass is 380 g/mol. The molecule has 0 aliphatic carbocycles. The third-order valence-corrected chi connectivity index (χ3v) is 5.47. The number of ether oxygens (including phenoxy) is 2. The topological polar surface area (TPSA) is 76.0 Å². The number of hydrogen-bond acceptors (Lipinski definition) is 5. The standard InChI is InChI=1S/C21H13ClO5/c1-10-16(23)7-6-13-19(10)26-18-9-17(24)15(22)8-14(18)21(13)12-5-3-2-4-11(12)20(25)27-21/h2-9,23-24H,1H3. The van der Waals surface area contributed by atoms with E-state index in [9.17, 15) is 15.0 Å². The molecule has 3 aromatic rings. The Balaban J connectivity index is 1.95. The fraction of sp³-hybridized carbons (Fsp3) is 0.0952. The largest absolute Gasteiger partial charge is 0.508 e. The van der Waals surface area contributed by atoms with E-state index in [0.29, 0.717) is 39.3 Å². The van der Waals surface area contributed by atoms with E-state index in [0.717, 1.165) is 0 Å². The van der Waals surface area contributed by atoms with Crippen LogP contribution in [0.2, 0.25) is 5.02 Å². The van der Waals surface area contributed by atoms with Crippen molar-refractivity contribution < 1.29 is 24.5 Å². The van der Waals surface area contributed by atoms with Crippen LogP contribution in [0.3, 0.4) is 0 Å². The summed E-state index contributed by atoms with van der Waals surface area (Å²) in [6.45, 7) is 1.71. The van der Waals surface area contributed by atoms with Gasteiger partial charge in [0.2, 0.25) is 0 Å². The number of rotatable bonds is 0. The Bertz CT molecular complexity index is 1150. The van der Waals surface area contributed by atoms with Gasteiger partial charge in [-0.2, -0.15) is 0 Å². The summed E-state index contributed by atoms with van der Waals surface area (Å²) in [6.07, 6.45) is 0. The quantitative estimate of drug-likeness (QED) is 0.556. The molecule has 0 radical (unpaired) electrons. The molecule has 2 N–H and O–H groups in total. The van der Waals surface area contributed by atoms with Gasteiger partial charge in [0.05, 0.1) is 10.6 Å². The maximum atomic E-state index is 12.7. The van der Waals surface area contributed by atoms with Crippen LogP contribution in [0.15, 0.2) is 48.5 Å². The normalized spacial score (nSPS) is 19.1. The van der Waals surface area contributed by atoms with Crippen molar-refractivity contribution in [1.82, 2.24) is 0 Å². The van der Waals surface area contributed by atoms with Crippen LogP contribution in [0, 0.1) is 6.92 Å². The third-order valence-electron chi connectivity index (χ3n) is 5.17. The Labute approximate surface area is 159 Å². The molecule has 3 aromatic carbocycles. The second-order valence-electron chi connectivity index (χ2n) is 6.60. The Kier molecular flexibility index (Phi) is 3.07. The maximum absolute atomic E-state index is 12.7. The van der Waals surface area contributed by atoms with E-state index < -0.39 is 11.6 Å². The lowest BCUT2D eigenvalue weighted by molar-refractivity contribution is 0.0223. The van der Waals surface area contributed by atoms with Gasteiger partial charge in [-0.15, -0.1) is 0 Å². The van der Waals surface area contributed by atoms with E-state index in [1.807, 2.05) is 12.1 Å². The summed E-state index contributed by atoms with van der Waals surface area (Å²) in [5, 5.41) is 20.3. The minimum absolute atomic E-state index is 0.0585. The van der Waals surface area contributed by atoms with Gasteiger partial charge in [-0.05, 0) is 31.2 Å². The second-order valence-corrected chi connectivity index (χ2v) is 7.01. The van der Waals surface area contributed by atoms with E-state index in [1.165, 1.54) is 6.07 Å². The molecule has 0 saturated carbocycles. The first-order chi connectivity index (χ1) is 12.9. The fourth-order valence-electron chi connectivity index (χ4n) is 3.86. The summed E-state index contributed by atoms with van der Waals surface area (Å²) in [6, 6.07) is 13.3. The Hall–Kier alpha value is -3.18. The highest BCUT2D eigenvalue weighted by Gasteiger charge is 2.54. The van der Waals surface area contributed by atoms with Gasteiger partial charge in [-0.1, -0.05) is 29.8 Å². The molecule has 2 aliphatic heterocycles. The number of phenolic OH excluding ortho intramolecular Hbond substituents is 2.